The van der Waals surface area contributed by atoms with Crippen molar-refractivity contribution in [1.82, 2.24) is 14.9 Å². The monoisotopic (exact) mass is 345 g/mol. The summed E-state index contributed by atoms with van der Waals surface area (Å²) in [5, 5.41) is 9.03. The molecule has 2 heterocycles. The fourth-order valence-corrected chi connectivity index (χ4v) is 2.78. The normalized spacial score (nSPS) is 15.2. The Kier molecular flexibility index (Phi) is 5.52. The van der Waals surface area contributed by atoms with Gasteiger partial charge in [0.1, 0.15) is 23.5 Å². The summed E-state index contributed by atoms with van der Waals surface area (Å²) >= 11 is 0. The molecule has 0 aliphatic carbocycles. The molecule has 1 aromatic carbocycles. The van der Waals surface area contributed by atoms with Gasteiger partial charge in [-0.3, -0.25) is 4.90 Å². The fraction of sp³-hybridized carbons (Fsp3) is 0.412. The summed E-state index contributed by atoms with van der Waals surface area (Å²) in [4.78, 5) is 12.8. The van der Waals surface area contributed by atoms with Crippen LogP contribution in [-0.4, -0.2) is 66.4 Å². The second-order valence-electron chi connectivity index (χ2n) is 5.75. The van der Waals surface area contributed by atoms with Crippen molar-refractivity contribution in [2.45, 2.75) is 0 Å². The molecule has 1 aromatic heterocycles. The maximum Gasteiger partial charge on any atom is 0.248 e. The van der Waals surface area contributed by atoms with E-state index in [9.17, 15) is 0 Å². The number of rotatable bonds is 6. The van der Waals surface area contributed by atoms with E-state index >= 15 is 0 Å². The van der Waals surface area contributed by atoms with E-state index in [1.54, 1.807) is 19.2 Å². The molecule has 0 unspecified atom stereocenters. The Balaban J connectivity index is 1.71. The molecule has 3 N–H and O–H groups in total. The smallest absolute Gasteiger partial charge is 0.248 e. The van der Waals surface area contributed by atoms with Gasteiger partial charge in [0.25, 0.3) is 0 Å². The van der Waals surface area contributed by atoms with Gasteiger partial charge in [-0.05, 0) is 24.3 Å². The summed E-state index contributed by atoms with van der Waals surface area (Å²) in [5.41, 5.74) is 6.67. The minimum atomic E-state index is 0.176. The summed E-state index contributed by atoms with van der Waals surface area (Å²) in [6.07, 6.45) is 1.46. The van der Waals surface area contributed by atoms with E-state index in [2.05, 4.69) is 19.8 Å². The van der Waals surface area contributed by atoms with Crippen LogP contribution in [0.5, 0.6) is 17.4 Å². The largest absolute Gasteiger partial charge is 0.497 e. The van der Waals surface area contributed by atoms with Crippen molar-refractivity contribution in [3.05, 3.63) is 30.6 Å². The maximum atomic E-state index is 9.03. The van der Waals surface area contributed by atoms with Crippen LogP contribution in [0.15, 0.2) is 30.6 Å². The Labute approximate surface area is 146 Å². The third-order valence-corrected chi connectivity index (χ3v) is 4.19. The molecule has 0 amide bonds. The minimum absolute atomic E-state index is 0.176. The van der Waals surface area contributed by atoms with Crippen LogP contribution in [0.1, 0.15) is 0 Å². The van der Waals surface area contributed by atoms with E-state index in [1.807, 2.05) is 12.1 Å². The predicted octanol–water partition coefficient (Wildman–Crippen LogP) is 0.974. The van der Waals surface area contributed by atoms with Crippen LogP contribution in [0.25, 0.3) is 0 Å². The van der Waals surface area contributed by atoms with Gasteiger partial charge in [0.05, 0.1) is 13.7 Å². The standard InChI is InChI=1S/C17H23N5O3/c1-24-13-2-4-14(5-3-13)25-17-15(18)16(19-12-20-17)22-8-6-21(7-9-22)10-11-23/h2-5,12,23H,6-11,18H2,1H3. The molecule has 1 fully saturated rings. The molecular weight excluding hydrogens is 322 g/mol. The second-order valence-corrected chi connectivity index (χ2v) is 5.75. The number of hydrogen-bond donors (Lipinski definition) is 2. The van der Waals surface area contributed by atoms with Gasteiger partial charge in [0.2, 0.25) is 5.88 Å². The molecule has 25 heavy (non-hydrogen) atoms. The van der Waals surface area contributed by atoms with Crippen molar-refractivity contribution < 1.29 is 14.6 Å². The number of aromatic nitrogens is 2. The van der Waals surface area contributed by atoms with Crippen LogP contribution in [0, 0.1) is 0 Å². The van der Waals surface area contributed by atoms with E-state index < -0.39 is 0 Å². The number of aliphatic hydroxyl groups excluding tert-OH is 1. The van der Waals surface area contributed by atoms with Gasteiger partial charge in [-0.25, -0.2) is 4.98 Å². The van der Waals surface area contributed by atoms with Gasteiger partial charge in [-0.1, -0.05) is 0 Å². The highest BCUT2D eigenvalue weighted by atomic mass is 16.5. The summed E-state index contributed by atoms with van der Waals surface area (Å²) < 4.78 is 10.9. The molecule has 8 heteroatoms. The molecule has 1 aliphatic heterocycles. The lowest BCUT2D eigenvalue weighted by Gasteiger charge is -2.35. The lowest BCUT2D eigenvalue weighted by atomic mass is 10.3. The molecular formula is C17H23N5O3. The number of methoxy groups -OCH3 is 1. The number of nitrogen functional groups attached to an aromatic ring is 1. The predicted molar refractivity (Wildman–Crippen MR) is 95.3 cm³/mol. The molecule has 3 rings (SSSR count). The van der Waals surface area contributed by atoms with Crippen molar-refractivity contribution >= 4 is 11.5 Å². The Morgan fingerprint density at radius 1 is 1.08 bits per heavy atom. The lowest BCUT2D eigenvalue weighted by molar-refractivity contribution is 0.188. The number of aliphatic hydroxyl groups is 1. The molecule has 0 radical (unpaired) electrons. The number of β-amino-alcohol motifs (C(OH)–C–C–N with tert-alkyl or cyclic N) is 1. The third-order valence-electron chi connectivity index (χ3n) is 4.19. The Morgan fingerprint density at radius 3 is 2.40 bits per heavy atom. The topological polar surface area (TPSA) is 97.0 Å². The molecule has 2 aromatic rings. The van der Waals surface area contributed by atoms with Crippen molar-refractivity contribution in [2.24, 2.45) is 0 Å². The van der Waals surface area contributed by atoms with Gasteiger partial charge < -0.3 is 25.2 Å². The molecule has 1 aliphatic rings. The molecule has 1 saturated heterocycles. The van der Waals surface area contributed by atoms with Gasteiger partial charge in [0.15, 0.2) is 5.82 Å². The molecule has 0 bridgehead atoms. The summed E-state index contributed by atoms with van der Waals surface area (Å²) in [6, 6.07) is 7.23. The van der Waals surface area contributed by atoms with Gasteiger partial charge in [0, 0.05) is 32.7 Å². The first-order chi connectivity index (χ1) is 12.2. The first-order valence-electron chi connectivity index (χ1n) is 8.22. The van der Waals surface area contributed by atoms with Crippen LogP contribution >= 0.6 is 0 Å². The van der Waals surface area contributed by atoms with Crippen molar-refractivity contribution in [3.63, 3.8) is 0 Å². The quantitative estimate of drug-likeness (QED) is 0.799. The van der Waals surface area contributed by atoms with Crippen molar-refractivity contribution in [2.75, 3.05) is 57.1 Å². The van der Waals surface area contributed by atoms with E-state index in [-0.39, 0.29) is 6.61 Å². The van der Waals surface area contributed by atoms with Crippen LogP contribution in [0.3, 0.4) is 0 Å². The summed E-state index contributed by atoms with van der Waals surface area (Å²) in [5.74, 6) is 2.41. The number of nitrogens with zero attached hydrogens (tertiary/aromatic N) is 4. The van der Waals surface area contributed by atoms with Crippen molar-refractivity contribution in [1.29, 1.82) is 0 Å². The molecule has 134 valence electrons. The zero-order valence-corrected chi connectivity index (χ0v) is 14.3. The minimum Gasteiger partial charge on any atom is -0.497 e. The Bertz CT molecular complexity index is 687. The van der Waals surface area contributed by atoms with E-state index in [0.717, 1.165) is 31.9 Å². The number of hydrogen-bond acceptors (Lipinski definition) is 8. The highest BCUT2D eigenvalue weighted by Gasteiger charge is 2.21. The number of nitrogens with two attached hydrogens (primary N) is 1. The molecule has 0 atom stereocenters. The van der Waals surface area contributed by atoms with E-state index in [1.165, 1.54) is 6.33 Å². The number of ether oxygens (including phenoxy) is 2. The van der Waals surface area contributed by atoms with Gasteiger partial charge >= 0.3 is 0 Å². The zero-order chi connectivity index (χ0) is 17.6. The lowest BCUT2D eigenvalue weighted by Crippen LogP contribution is -2.47. The Morgan fingerprint density at radius 2 is 1.76 bits per heavy atom. The average Bonchev–Trinajstić information content (AvgIpc) is 2.65. The van der Waals surface area contributed by atoms with Gasteiger partial charge in [-0.2, -0.15) is 4.98 Å². The molecule has 0 spiro atoms. The first kappa shape index (κ1) is 17.2. The highest BCUT2D eigenvalue weighted by molar-refractivity contribution is 5.68. The third kappa shape index (κ3) is 4.09. The summed E-state index contributed by atoms with van der Waals surface area (Å²) in [7, 11) is 1.62. The molecule has 8 nitrogen and oxygen atoms in total. The number of piperazine rings is 1. The van der Waals surface area contributed by atoms with Gasteiger partial charge in [-0.15, -0.1) is 0 Å². The first-order valence-corrected chi connectivity index (χ1v) is 8.22. The van der Waals surface area contributed by atoms with Crippen molar-refractivity contribution in [3.8, 4) is 17.4 Å². The maximum absolute atomic E-state index is 9.03. The van der Waals surface area contributed by atoms with Crippen LogP contribution < -0.4 is 20.1 Å². The van der Waals surface area contributed by atoms with Crippen LogP contribution in [0.4, 0.5) is 11.5 Å². The SMILES string of the molecule is COc1ccc(Oc2ncnc(N3CCN(CCO)CC3)c2N)cc1. The average molecular weight is 345 g/mol. The Hall–Kier alpha value is -2.58. The van der Waals surface area contributed by atoms with E-state index in [4.69, 9.17) is 20.3 Å². The highest BCUT2D eigenvalue weighted by Crippen LogP contribution is 2.32. The second kappa shape index (κ2) is 8.00. The zero-order valence-electron chi connectivity index (χ0n) is 14.3. The van der Waals surface area contributed by atoms with Crippen LogP contribution in [0.2, 0.25) is 0 Å². The van der Waals surface area contributed by atoms with E-state index in [0.29, 0.717) is 29.7 Å². The fourth-order valence-electron chi connectivity index (χ4n) is 2.78. The molecule has 0 saturated carbocycles. The van der Waals surface area contributed by atoms with Crippen LogP contribution in [-0.2, 0) is 0 Å². The number of anilines is 2. The summed E-state index contributed by atoms with van der Waals surface area (Å²) in [6.45, 7) is 4.18. The number of benzene rings is 1.